The maximum absolute atomic E-state index is 12.1. The largest absolute Gasteiger partial charge is 0.342 e. The van der Waals surface area contributed by atoms with E-state index in [0.29, 0.717) is 5.91 Å². The number of rotatable bonds is 5. The summed E-state index contributed by atoms with van der Waals surface area (Å²) < 4.78 is 0. The maximum Gasteiger partial charge on any atom is 0.225 e. The molecule has 4 heteroatoms. The van der Waals surface area contributed by atoms with Gasteiger partial charge in [0, 0.05) is 51.7 Å². The molecule has 144 valence electrons. The molecule has 2 fully saturated rings. The molecule has 0 N–H and O–H groups in total. The van der Waals surface area contributed by atoms with E-state index in [4.69, 9.17) is 0 Å². The van der Waals surface area contributed by atoms with E-state index in [2.05, 4.69) is 46.0 Å². The summed E-state index contributed by atoms with van der Waals surface area (Å²) in [6.07, 6.45) is 3.43. The average Bonchev–Trinajstić information content (AvgIpc) is 2.65. The van der Waals surface area contributed by atoms with Gasteiger partial charge in [0.1, 0.15) is 0 Å². The molecule has 3 rings (SSSR count). The van der Waals surface area contributed by atoms with E-state index in [1.165, 1.54) is 37.3 Å². The monoisotopic (exact) mass is 357 g/mol. The molecule has 1 aromatic rings. The fourth-order valence-electron chi connectivity index (χ4n) is 4.10. The zero-order valence-electron chi connectivity index (χ0n) is 16.8. The first-order valence-corrected chi connectivity index (χ1v) is 10.3. The Balaban J connectivity index is 1.44. The minimum Gasteiger partial charge on any atom is -0.342 e. The van der Waals surface area contributed by atoms with Crippen molar-refractivity contribution in [1.82, 2.24) is 14.7 Å². The van der Waals surface area contributed by atoms with Gasteiger partial charge in [-0.2, -0.15) is 0 Å². The molecule has 0 spiro atoms. The molecule has 0 radical (unpaired) electrons. The molecular weight excluding hydrogens is 322 g/mol. The Kier molecular flexibility index (Phi) is 6.71. The topological polar surface area (TPSA) is 26.8 Å². The van der Waals surface area contributed by atoms with Crippen molar-refractivity contribution in [2.45, 2.75) is 39.7 Å². The van der Waals surface area contributed by atoms with Gasteiger partial charge in [0.05, 0.1) is 0 Å². The number of nitrogens with zero attached hydrogens (tertiary/aromatic N) is 3. The molecule has 2 saturated heterocycles. The predicted molar refractivity (Wildman–Crippen MR) is 107 cm³/mol. The molecular formula is C22H35N3O. The van der Waals surface area contributed by atoms with Crippen molar-refractivity contribution in [2.24, 2.45) is 11.8 Å². The van der Waals surface area contributed by atoms with Crippen LogP contribution in [0.25, 0.3) is 0 Å². The highest BCUT2D eigenvalue weighted by atomic mass is 16.2. The SMILES string of the molecule is CC(C)C(=O)N1CCC(Cc2ccc(CN3CCN(C)CC3)cc2)CC1. The Labute approximate surface area is 159 Å². The maximum atomic E-state index is 12.1. The standard InChI is InChI=1S/C22H35N3O/c1-18(2)22(26)25-10-8-20(9-11-25)16-19-4-6-21(7-5-19)17-24-14-12-23(3)13-15-24/h4-7,18,20H,8-17H2,1-3H3. The zero-order chi connectivity index (χ0) is 18.5. The summed E-state index contributed by atoms with van der Waals surface area (Å²) in [7, 11) is 2.20. The van der Waals surface area contributed by atoms with Gasteiger partial charge in [0.15, 0.2) is 0 Å². The molecule has 0 atom stereocenters. The molecule has 2 heterocycles. The van der Waals surface area contributed by atoms with Gasteiger partial charge in [-0.25, -0.2) is 0 Å². The summed E-state index contributed by atoms with van der Waals surface area (Å²) in [6.45, 7) is 11.6. The van der Waals surface area contributed by atoms with Gasteiger partial charge in [-0.3, -0.25) is 9.69 Å². The van der Waals surface area contributed by atoms with Gasteiger partial charge in [-0.05, 0) is 43.4 Å². The van der Waals surface area contributed by atoms with E-state index in [0.717, 1.165) is 44.8 Å². The molecule has 0 aromatic heterocycles. The van der Waals surface area contributed by atoms with Crippen LogP contribution in [0.3, 0.4) is 0 Å². The summed E-state index contributed by atoms with van der Waals surface area (Å²) in [5.74, 6) is 1.16. The van der Waals surface area contributed by atoms with Gasteiger partial charge < -0.3 is 9.80 Å². The number of hydrogen-bond donors (Lipinski definition) is 0. The molecule has 0 saturated carbocycles. The minimum absolute atomic E-state index is 0.124. The van der Waals surface area contributed by atoms with Crippen LogP contribution in [-0.2, 0) is 17.8 Å². The van der Waals surface area contributed by atoms with Gasteiger partial charge in [0.2, 0.25) is 5.91 Å². The molecule has 0 bridgehead atoms. The second-order valence-corrected chi connectivity index (χ2v) is 8.52. The first-order chi connectivity index (χ1) is 12.5. The highest BCUT2D eigenvalue weighted by Gasteiger charge is 2.24. The lowest BCUT2D eigenvalue weighted by molar-refractivity contribution is -0.135. The average molecular weight is 358 g/mol. The van der Waals surface area contributed by atoms with E-state index >= 15 is 0 Å². The number of amides is 1. The van der Waals surface area contributed by atoms with Crippen molar-refractivity contribution >= 4 is 5.91 Å². The number of piperidine rings is 1. The summed E-state index contributed by atoms with van der Waals surface area (Å²) in [5, 5.41) is 0. The van der Waals surface area contributed by atoms with Crippen LogP contribution >= 0.6 is 0 Å². The van der Waals surface area contributed by atoms with Crippen LogP contribution < -0.4 is 0 Å². The number of carbonyl (C=O) groups is 1. The number of likely N-dealkylation sites (tertiary alicyclic amines) is 1. The van der Waals surface area contributed by atoms with Crippen LogP contribution in [0.4, 0.5) is 0 Å². The molecule has 2 aliphatic heterocycles. The van der Waals surface area contributed by atoms with Gasteiger partial charge in [-0.1, -0.05) is 38.1 Å². The molecule has 0 unspecified atom stereocenters. The fraction of sp³-hybridized carbons (Fsp3) is 0.682. The lowest BCUT2D eigenvalue weighted by Crippen LogP contribution is -2.43. The first kappa shape index (κ1) is 19.4. The second kappa shape index (κ2) is 9.01. The number of carbonyl (C=O) groups excluding carboxylic acids is 1. The molecule has 26 heavy (non-hydrogen) atoms. The third-order valence-corrected chi connectivity index (χ3v) is 5.97. The molecule has 4 nitrogen and oxygen atoms in total. The van der Waals surface area contributed by atoms with Gasteiger partial charge in [-0.15, -0.1) is 0 Å². The summed E-state index contributed by atoms with van der Waals surface area (Å²) >= 11 is 0. The number of likely N-dealkylation sites (N-methyl/N-ethyl adjacent to an activating group) is 1. The minimum atomic E-state index is 0.124. The van der Waals surface area contributed by atoms with Crippen LogP contribution in [-0.4, -0.2) is 66.9 Å². The Morgan fingerprint density at radius 2 is 1.54 bits per heavy atom. The number of benzene rings is 1. The predicted octanol–water partition coefficient (Wildman–Crippen LogP) is 2.87. The third-order valence-electron chi connectivity index (χ3n) is 5.97. The zero-order valence-corrected chi connectivity index (χ0v) is 16.8. The smallest absolute Gasteiger partial charge is 0.225 e. The summed E-state index contributed by atoms with van der Waals surface area (Å²) in [4.78, 5) is 19.1. The summed E-state index contributed by atoms with van der Waals surface area (Å²) in [5.41, 5.74) is 2.87. The molecule has 2 aliphatic rings. The first-order valence-electron chi connectivity index (χ1n) is 10.3. The molecule has 1 amide bonds. The van der Waals surface area contributed by atoms with Gasteiger partial charge in [0.25, 0.3) is 0 Å². The fourth-order valence-corrected chi connectivity index (χ4v) is 4.10. The number of piperazine rings is 1. The Morgan fingerprint density at radius 3 is 2.12 bits per heavy atom. The lowest BCUT2D eigenvalue weighted by Gasteiger charge is -2.33. The van der Waals surface area contributed by atoms with Crippen molar-refractivity contribution in [1.29, 1.82) is 0 Å². The second-order valence-electron chi connectivity index (χ2n) is 8.52. The van der Waals surface area contributed by atoms with E-state index < -0.39 is 0 Å². The molecule has 1 aromatic carbocycles. The van der Waals surface area contributed by atoms with Crippen LogP contribution in [0.15, 0.2) is 24.3 Å². The quantitative estimate of drug-likeness (QED) is 0.811. The summed E-state index contributed by atoms with van der Waals surface area (Å²) in [6, 6.07) is 9.25. The van der Waals surface area contributed by atoms with E-state index in [-0.39, 0.29) is 5.92 Å². The normalized spacial score (nSPS) is 20.7. The Morgan fingerprint density at radius 1 is 0.962 bits per heavy atom. The highest BCUT2D eigenvalue weighted by Crippen LogP contribution is 2.23. The van der Waals surface area contributed by atoms with Gasteiger partial charge >= 0.3 is 0 Å². The highest BCUT2D eigenvalue weighted by molar-refractivity contribution is 5.78. The van der Waals surface area contributed by atoms with Crippen LogP contribution in [0, 0.1) is 11.8 Å². The van der Waals surface area contributed by atoms with Crippen molar-refractivity contribution in [3.63, 3.8) is 0 Å². The Bertz CT molecular complexity index is 568. The number of hydrogen-bond acceptors (Lipinski definition) is 3. The van der Waals surface area contributed by atoms with E-state index in [1.54, 1.807) is 0 Å². The molecule has 0 aliphatic carbocycles. The van der Waals surface area contributed by atoms with Crippen LogP contribution in [0.1, 0.15) is 37.8 Å². The van der Waals surface area contributed by atoms with Crippen molar-refractivity contribution in [2.75, 3.05) is 46.3 Å². The van der Waals surface area contributed by atoms with Crippen LogP contribution in [0.5, 0.6) is 0 Å². The van der Waals surface area contributed by atoms with Crippen molar-refractivity contribution in [3.8, 4) is 0 Å². The van der Waals surface area contributed by atoms with E-state index in [1.807, 2.05) is 13.8 Å². The third kappa shape index (κ3) is 5.31. The van der Waals surface area contributed by atoms with Crippen molar-refractivity contribution in [3.05, 3.63) is 35.4 Å². The lowest BCUT2D eigenvalue weighted by atomic mass is 9.89. The van der Waals surface area contributed by atoms with Crippen molar-refractivity contribution < 1.29 is 4.79 Å². The van der Waals surface area contributed by atoms with Crippen LogP contribution in [0.2, 0.25) is 0 Å². The van der Waals surface area contributed by atoms with E-state index in [9.17, 15) is 4.79 Å². The Hall–Kier alpha value is -1.39.